The van der Waals surface area contributed by atoms with Crippen molar-refractivity contribution in [2.24, 2.45) is 10.2 Å². The minimum Gasteiger partial charge on any atom is -0.268 e. The van der Waals surface area contributed by atoms with E-state index in [9.17, 15) is 4.79 Å². The Morgan fingerprint density at radius 2 is 1.78 bits per heavy atom. The topological polar surface area (TPSA) is 59.6 Å². The monoisotopic (exact) mass is 306 g/mol. The molecule has 0 amide bonds. The van der Waals surface area contributed by atoms with Gasteiger partial charge in [0.2, 0.25) is 0 Å². The molecule has 0 bridgehead atoms. The first-order valence-electron chi connectivity index (χ1n) is 7.68. The van der Waals surface area contributed by atoms with Crippen LogP contribution in [0.25, 0.3) is 16.6 Å². The van der Waals surface area contributed by atoms with Gasteiger partial charge in [-0.3, -0.25) is 4.79 Å². The number of para-hydroxylation sites is 2. The molecule has 2 aromatic carbocycles. The van der Waals surface area contributed by atoms with E-state index in [0.29, 0.717) is 16.9 Å². The molecule has 3 rings (SSSR count). The average Bonchev–Trinajstić information content (AvgIpc) is 2.60. The summed E-state index contributed by atoms with van der Waals surface area (Å²) in [6, 6.07) is 16.8. The van der Waals surface area contributed by atoms with Gasteiger partial charge >= 0.3 is 0 Å². The molecule has 0 aliphatic rings. The Morgan fingerprint density at radius 3 is 2.52 bits per heavy atom. The molecule has 0 fully saturated rings. The number of hydrogen-bond donors (Lipinski definition) is 0. The maximum absolute atomic E-state index is 12.9. The molecule has 1 heterocycles. The van der Waals surface area contributed by atoms with E-state index in [-0.39, 0.29) is 11.6 Å². The third kappa shape index (κ3) is 3.04. The molecule has 0 saturated heterocycles. The van der Waals surface area contributed by atoms with Gasteiger partial charge < -0.3 is 0 Å². The third-order valence-corrected chi connectivity index (χ3v) is 3.71. The quantitative estimate of drug-likeness (QED) is 0.676. The second kappa shape index (κ2) is 6.52. The molecular weight excluding hydrogens is 288 g/mol. The van der Waals surface area contributed by atoms with Gasteiger partial charge in [0, 0.05) is 0 Å². The fraction of sp³-hybridized carbons (Fsp3) is 0.222. The van der Waals surface area contributed by atoms with Gasteiger partial charge in [0.05, 0.1) is 22.6 Å². The van der Waals surface area contributed by atoms with Crippen LogP contribution in [0.4, 0.5) is 5.95 Å². The minimum absolute atomic E-state index is 0.0857. The SMILES string of the molecule is CCC(C)N=Nc1nc2ccccc2c(=O)n1-c1ccccc1. The molecule has 0 spiro atoms. The van der Waals surface area contributed by atoms with Crippen molar-refractivity contribution < 1.29 is 0 Å². The molecular formula is C18H18N4O. The largest absolute Gasteiger partial charge is 0.268 e. The summed E-state index contributed by atoms with van der Waals surface area (Å²) in [7, 11) is 0. The Kier molecular flexibility index (Phi) is 4.28. The zero-order chi connectivity index (χ0) is 16.2. The first kappa shape index (κ1) is 15.1. The number of azo groups is 1. The lowest BCUT2D eigenvalue weighted by atomic mass is 10.2. The number of nitrogens with zero attached hydrogens (tertiary/aromatic N) is 4. The Labute approximate surface area is 134 Å². The van der Waals surface area contributed by atoms with Crippen LogP contribution in [0.5, 0.6) is 0 Å². The van der Waals surface area contributed by atoms with E-state index >= 15 is 0 Å². The van der Waals surface area contributed by atoms with Gasteiger partial charge in [-0.05, 0) is 37.6 Å². The van der Waals surface area contributed by atoms with Gasteiger partial charge in [-0.1, -0.05) is 37.3 Å². The molecule has 0 radical (unpaired) electrons. The number of rotatable bonds is 4. The molecule has 1 unspecified atom stereocenters. The van der Waals surface area contributed by atoms with Crippen molar-refractivity contribution >= 4 is 16.9 Å². The van der Waals surface area contributed by atoms with Gasteiger partial charge in [-0.25, -0.2) is 9.55 Å². The van der Waals surface area contributed by atoms with Crippen molar-refractivity contribution in [2.45, 2.75) is 26.3 Å². The number of aromatic nitrogens is 2. The summed E-state index contributed by atoms with van der Waals surface area (Å²) < 4.78 is 1.51. The van der Waals surface area contributed by atoms with Gasteiger partial charge in [-0.2, -0.15) is 5.11 Å². The first-order valence-corrected chi connectivity index (χ1v) is 7.68. The van der Waals surface area contributed by atoms with Crippen molar-refractivity contribution in [3.8, 4) is 5.69 Å². The van der Waals surface area contributed by atoms with Gasteiger partial charge in [0.1, 0.15) is 0 Å². The summed E-state index contributed by atoms with van der Waals surface area (Å²) in [5.41, 5.74) is 1.22. The molecule has 116 valence electrons. The molecule has 0 saturated carbocycles. The molecule has 0 aliphatic heterocycles. The van der Waals surface area contributed by atoms with Crippen LogP contribution in [0.3, 0.4) is 0 Å². The summed E-state index contributed by atoms with van der Waals surface area (Å²) in [5, 5.41) is 9.06. The van der Waals surface area contributed by atoms with Crippen molar-refractivity contribution in [3.63, 3.8) is 0 Å². The second-order valence-corrected chi connectivity index (χ2v) is 5.38. The molecule has 23 heavy (non-hydrogen) atoms. The van der Waals surface area contributed by atoms with Gasteiger partial charge in [0.25, 0.3) is 11.5 Å². The Bertz CT molecular complexity index is 900. The molecule has 1 aromatic heterocycles. The van der Waals surface area contributed by atoms with Gasteiger partial charge in [0.15, 0.2) is 0 Å². The van der Waals surface area contributed by atoms with Crippen LogP contribution in [0.15, 0.2) is 69.6 Å². The molecule has 5 nitrogen and oxygen atoms in total. The summed E-state index contributed by atoms with van der Waals surface area (Å²) in [4.78, 5) is 17.4. The van der Waals surface area contributed by atoms with E-state index in [4.69, 9.17) is 0 Å². The van der Waals surface area contributed by atoms with Crippen LogP contribution in [0.2, 0.25) is 0 Å². The Morgan fingerprint density at radius 1 is 1.09 bits per heavy atom. The summed E-state index contributed by atoms with van der Waals surface area (Å²) in [5.74, 6) is 0.306. The summed E-state index contributed by atoms with van der Waals surface area (Å²) in [6.07, 6.45) is 0.882. The fourth-order valence-corrected chi connectivity index (χ4v) is 2.23. The van der Waals surface area contributed by atoms with Gasteiger partial charge in [-0.15, -0.1) is 5.11 Å². The van der Waals surface area contributed by atoms with E-state index < -0.39 is 0 Å². The maximum Gasteiger partial charge on any atom is 0.267 e. The predicted octanol–water partition coefficient (Wildman–Crippen LogP) is 4.27. The molecule has 1 atom stereocenters. The van der Waals surface area contributed by atoms with E-state index in [1.165, 1.54) is 4.57 Å². The highest BCUT2D eigenvalue weighted by Gasteiger charge is 2.12. The predicted molar refractivity (Wildman–Crippen MR) is 91.6 cm³/mol. The van der Waals surface area contributed by atoms with Crippen LogP contribution in [0, 0.1) is 0 Å². The lowest BCUT2D eigenvalue weighted by Crippen LogP contribution is -2.19. The van der Waals surface area contributed by atoms with E-state index in [2.05, 4.69) is 15.2 Å². The normalized spacial score (nSPS) is 12.8. The smallest absolute Gasteiger partial charge is 0.267 e. The Balaban J connectivity index is 2.28. The average molecular weight is 306 g/mol. The van der Waals surface area contributed by atoms with Crippen molar-refractivity contribution in [2.75, 3.05) is 0 Å². The minimum atomic E-state index is -0.139. The maximum atomic E-state index is 12.9. The van der Waals surface area contributed by atoms with E-state index in [0.717, 1.165) is 12.1 Å². The Hall–Kier alpha value is -2.82. The van der Waals surface area contributed by atoms with Crippen LogP contribution in [0.1, 0.15) is 20.3 Å². The summed E-state index contributed by atoms with van der Waals surface area (Å²) in [6.45, 7) is 4.03. The zero-order valence-electron chi connectivity index (χ0n) is 13.2. The highest BCUT2D eigenvalue weighted by molar-refractivity contribution is 5.78. The summed E-state index contributed by atoms with van der Waals surface area (Å²) >= 11 is 0. The van der Waals surface area contributed by atoms with Crippen molar-refractivity contribution in [1.82, 2.24) is 9.55 Å². The first-order chi connectivity index (χ1) is 11.2. The number of benzene rings is 2. The molecule has 0 N–H and O–H groups in total. The van der Waals surface area contributed by atoms with Crippen LogP contribution in [-0.4, -0.2) is 15.6 Å². The van der Waals surface area contributed by atoms with E-state index in [1.807, 2.05) is 62.4 Å². The third-order valence-electron chi connectivity index (χ3n) is 3.71. The lowest BCUT2D eigenvalue weighted by molar-refractivity contribution is 0.673. The van der Waals surface area contributed by atoms with Crippen molar-refractivity contribution in [1.29, 1.82) is 0 Å². The lowest BCUT2D eigenvalue weighted by Gasteiger charge is -2.10. The highest BCUT2D eigenvalue weighted by atomic mass is 16.1. The highest BCUT2D eigenvalue weighted by Crippen LogP contribution is 2.19. The molecule has 3 aromatic rings. The number of fused-ring (bicyclic) bond motifs is 1. The fourth-order valence-electron chi connectivity index (χ4n) is 2.23. The second-order valence-electron chi connectivity index (χ2n) is 5.38. The van der Waals surface area contributed by atoms with E-state index in [1.54, 1.807) is 6.07 Å². The zero-order valence-corrected chi connectivity index (χ0v) is 13.2. The molecule has 5 heteroatoms. The van der Waals surface area contributed by atoms with Crippen LogP contribution in [-0.2, 0) is 0 Å². The van der Waals surface area contributed by atoms with Crippen LogP contribution >= 0.6 is 0 Å². The van der Waals surface area contributed by atoms with Crippen LogP contribution < -0.4 is 5.56 Å². The van der Waals surface area contributed by atoms with Crippen molar-refractivity contribution in [3.05, 3.63) is 65.0 Å². The standard InChI is InChI=1S/C18H18N4O/c1-3-13(2)20-21-18-19-16-12-8-7-11-15(16)17(23)22(18)14-9-5-4-6-10-14/h4-13H,3H2,1-2H3. The number of hydrogen-bond acceptors (Lipinski definition) is 4. The molecule has 0 aliphatic carbocycles.